The SMILES string of the molecule is CCc1ccc(CC(=O)N2CCC(=O)CC2)cc1. The number of carbonyl (C=O) groups excluding carboxylic acids is 2. The molecular formula is C15H19NO2. The van der Waals surface area contributed by atoms with Crippen LogP contribution in [0.2, 0.25) is 0 Å². The highest BCUT2D eigenvalue weighted by Crippen LogP contribution is 2.10. The lowest BCUT2D eigenvalue weighted by molar-refractivity contribution is -0.133. The van der Waals surface area contributed by atoms with Crippen molar-refractivity contribution in [1.29, 1.82) is 0 Å². The first kappa shape index (κ1) is 12.8. The molecule has 0 radical (unpaired) electrons. The van der Waals surface area contributed by atoms with E-state index in [-0.39, 0.29) is 11.7 Å². The van der Waals surface area contributed by atoms with E-state index in [0.717, 1.165) is 12.0 Å². The number of likely N-dealkylation sites (tertiary alicyclic amines) is 1. The van der Waals surface area contributed by atoms with Crippen molar-refractivity contribution in [1.82, 2.24) is 4.90 Å². The molecule has 0 unspecified atom stereocenters. The van der Waals surface area contributed by atoms with E-state index in [0.29, 0.717) is 32.4 Å². The lowest BCUT2D eigenvalue weighted by Gasteiger charge is -2.26. The third kappa shape index (κ3) is 3.19. The van der Waals surface area contributed by atoms with Crippen molar-refractivity contribution in [2.75, 3.05) is 13.1 Å². The van der Waals surface area contributed by atoms with Crippen LogP contribution in [0, 0.1) is 0 Å². The Morgan fingerprint density at radius 2 is 1.67 bits per heavy atom. The van der Waals surface area contributed by atoms with E-state index in [2.05, 4.69) is 19.1 Å². The van der Waals surface area contributed by atoms with Gasteiger partial charge < -0.3 is 4.90 Å². The summed E-state index contributed by atoms with van der Waals surface area (Å²) in [5, 5.41) is 0. The first-order valence-corrected chi connectivity index (χ1v) is 6.56. The number of hydrogen-bond acceptors (Lipinski definition) is 2. The number of nitrogens with zero attached hydrogens (tertiary/aromatic N) is 1. The molecule has 1 aliphatic rings. The number of benzene rings is 1. The summed E-state index contributed by atoms with van der Waals surface area (Å²) in [6, 6.07) is 8.18. The van der Waals surface area contributed by atoms with E-state index < -0.39 is 0 Å². The van der Waals surface area contributed by atoms with Gasteiger partial charge in [-0.3, -0.25) is 9.59 Å². The molecule has 18 heavy (non-hydrogen) atoms. The molecule has 1 amide bonds. The fourth-order valence-electron chi connectivity index (χ4n) is 2.18. The van der Waals surface area contributed by atoms with Gasteiger partial charge in [-0.1, -0.05) is 31.2 Å². The Morgan fingerprint density at radius 3 is 2.22 bits per heavy atom. The smallest absolute Gasteiger partial charge is 0.227 e. The molecular weight excluding hydrogens is 226 g/mol. The monoisotopic (exact) mass is 245 g/mol. The van der Waals surface area contributed by atoms with Gasteiger partial charge in [-0.15, -0.1) is 0 Å². The Bertz CT molecular complexity index is 426. The number of hydrogen-bond donors (Lipinski definition) is 0. The van der Waals surface area contributed by atoms with Gasteiger partial charge in [0.25, 0.3) is 0 Å². The quantitative estimate of drug-likeness (QED) is 0.816. The molecule has 0 aliphatic carbocycles. The van der Waals surface area contributed by atoms with E-state index >= 15 is 0 Å². The molecule has 0 aromatic heterocycles. The second kappa shape index (κ2) is 5.80. The zero-order valence-corrected chi connectivity index (χ0v) is 10.8. The van der Waals surface area contributed by atoms with E-state index in [1.807, 2.05) is 12.1 Å². The highest BCUT2D eigenvalue weighted by molar-refractivity contribution is 5.84. The molecule has 1 aliphatic heterocycles. The van der Waals surface area contributed by atoms with Gasteiger partial charge in [-0.25, -0.2) is 0 Å². The van der Waals surface area contributed by atoms with Crippen LogP contribution in [0.15, 0.2) is 24.3 Å². The van der Waals surface area contributed by atoms with E-state index in [1.54, 1.807) is 4.90 Å². The molecule has 1 saturated heterocycles. The van der Waals surface area contributed by atoms with Crippen molar-refractivity contribution in [2.24, 2.45) is 0 Å². The Kier molecular flexibility index (Phi) is 4.13. The van der Waals surface area contributed by atoms with Gasteiger partial charge in [0, 0.05) is 25.9 Å². The number of ketones is 1. The fourth-order valence-corrected chi connectivity index (χ4v) is 2.18. The minimum atomic E-state index is 0.131. The maximum absolute atomic E-state index is 12.0. The molecule has 1 aromatic rings. The summed E-state index contributed by atoms with van der Waals surface area (Å²) in [4.78, 5) is 25.0. The normalized spacial score (nSPS) is 15.8. The summed E-state index contributed by atoms with van der Waals surface area (Å²) in [6.45, 7) is 3.29. The van der Waals surface area contributed by atoms with Gasteiger partial charge in [0.15, 0.2) is 0 Å². The van der Waals surface area contributed by atoms with Crippen molar-refractivity contribution < 1.29 is 9.59 Å². The van der Waals surface area contributed by atoms with E-state index in [4.69, 9.17) is 0 Å². The van der Waals surface area contributed by atoms with Crippen LogP contribution in [0.5, 0.6) is 0 Å². The van der Waals surface area contributed by atoms with Gasteiger partial charge in [0.2, 0.25) is 5.91 Å². The number of rotatable bonds is 3. The third-order valence-electron chi connectivity index (χ3n) is 3.46. The number of Topliss-reactive ketones (excluding diaryl/α,β-unsaturated/α-hetero) is 1. The number of carbonyl (C=O) groups is 2. The predicted molar refractivity (Wildman–Crippen MR) is 70.3 cm³/mol. The first-order chi connectivity index (χ1) is 8.69. The second-order valence-electron chi connectivity index (χ2n) is 4.77. The topological polar surface area (TPSA) is 37.4 Å². The van der Waals surface area contributed by atoms with Crippen LogP contribution < -0.4 is 0 Å². The minimum absolute atomic E-state index is 0.131. The summed E-state index contributed by atoms with van der Waals surface area (Å²) in [6.07, 6.45) is 2.49. The zero-order chi connectivity index (χ0) is 13.0. The zero-order valence-electron chi connectivity index (χ0n) is 10.8. The molecule has 3 nitrogen and oxygen atoms in total. The van der Waals surface area contributed by atoms with Gasteiger partial charge in [-0.05, 0) is 17.5 Å². The van der Waals surface area contributed by atoms with Crippen LogP contribution >= 0.6 is 0 Å². The van der Waals surface area contributed by atoms with Crippen LogP contribution in [-0.2, 0) is 22.4 Å². The van der Waals surface area contributed by atoms with Crippen molar-refractivity contribution >= 4 is 11.7 Å². The van der Waals surface area contributed by atoms with Crippen LogP contribution in [0.4, 0.5) is 0 Å². The first-order valence-electron chi connectivity index (χ1n) is 6.56. The molecule has 0 saturated carbocycles. The third-order valence-corrected chi connectivity index (χ3v) is 3.46. The summed E-state index contributed by atoms with van der Waals surface area (Å²) in [7, 11) is 0. The van der Waals surface area contributed by atoms with Crippen molar-refractivity contribution in [3.8, 4) is 0 Å². The molecule has 0 spiro atoms. The molecule has 1 heterocycles. The summed E-state index contributed by atoms with van der Waals surface area (Å²) >= 11 is 0. The van der Waals surface area contributed by atoms with Crippen LogP contribution in [-0.4, -0.2) is 29.7 Å². The molecule has 1 aromatic carbocycles. The lowest BCUT2D eigenvalue weighted by atomic mass is 10.1. The van der Waals surface area contributed by atoms with Gasteiger partial charge in [0.05, 0.1) is 6.42 Å². The molecule has 0 atom stereocenters. The Balaban J connectivity index is 1.92. The largest absolute Gasteiger partial charge is 0.342 e. The second-order valence-corrected chi connectivity index (χ2v) is 4.77. The fraction of sp³-hybridized carbons (Fsp3) is 0.467. The highest BCUT2D eigenvalue weighted by atomic mass is 16.2. The maximum Gasteiger partial charge on any atom is 0.227 e. The van der Waals surface area contributed by atoms with Crippen molar-refractivity contribution in [3.05, 3.63) is 35.4 Å². The number of aryl methyl sites for hydroxylation is 1. The Morgan fingerprint density at radius 1 is 1.11 bits per heavy atom. The lowest BCUT2D eigenvalue weighted by Crippen LogP contribution is -2.39. The van der Waals surface area contributed by atoms with Crippen LogP contribution in [0.1, 0.15) is 30.9 Å². The Hall–Kier alpha value is -1.64. The van der Waals surface area contributed by atoms with Gasteiger partial charge in [0.1, 0.15) is 5.78 Å². The summed E-state index contributed by atoms with van der Waals surface area (Å²) in [5.41, 5.74) is 2.34. The van der Waals surface area contributed by atoms with Crippen LogP contribution in [0.25, 0.3) is 0 Å². The highest BCUT2D eigenvalue weighted by Gasteiger charge is 2.20. The predicted octanol–water partition coefficient (Wildman–Crippen LogP) is 1.98. The minimum Gasteiger partial charge on any atom is -0.342 e. The maximum atomic E-state index is 12.0. The van der Waals surface area contributed by atoms with E-state index in [9.17, 15) is 9.59 Å². The standard InChI is InChI=1S/C15H19NO2/c1-2-12-3-5-13(6-4-12)11-15(18)16-9-7-14(17)8-10-16/h3-6H,2,7-11H2,1H3. The molecule has 3 heteroatoms. The Labute approximate surface area is 108 Å². The van der Waals surface area contributed by atoms with E-state index in [1.165, 1.54) is 5.56 Å². The van der Waals surface area contributed by atoms with Crippen molar-refractivity contribution in [3.63, 3.8) is 0 Å². The average Bonchev–Trinajstić information content (AvgIpc) is 2.40. The number of amides is 1. The molecule has 96 valence electrons. The summed E-state index contributed by atoms with van der Waals surface area (Å²) in [5.74, 6) is 0.401. The number of piperidine rings is 1. The molecule has 2 rings (SSSR count). The van der Waals surface area contributed by atoms with Gasteiger partial charge in [-0.2, -0.15) is 0 Å². The van der Waals surface area contributed by atoms with Gasteiger partial charge >= 0.3 is 0 Å². The van der Waals surface area contributed by atoms with Crippen molar-refractivity contribution in [2.45, 2.75) is 32.6 Å². The summed E-state index contributed by atoms with van der Waals surface area (Å²) < 4.78 is 0. The molecule has 0 N–H and O–H groups in total. The molecule has 1 fully saturated rings. The van der Waals surface area contributed by atoms with Crippen LogP contribution in [0.3, 0.4) is 0 Å². The molecule has 0 bridgehead atoms. The average molecular weight is 245 g/mol.